The van der Waals surface area contributed by atoms with Crippen LogP contribution in [0.3, 0.4) is 0 Å². The zero-order chi connectivity index (χ0) is 34.7. The molecule has 46 heavy (non-hydrogen) atoms. The number of likely N-dealkylation sites (tertiary alicyclic amines) is 1. The number of aliphatic imine (C=N–C) groups is 1. The summed E-state index contributed by atoms with van der Waals surface area (Å²) in [6.07, 6.45) is 1.02. The molecule has 0 saturated carbocycles. The molecule has 6 N–H and O–H groups in total. The number of alkyl carbamates (subject to hydrolysis) is 1. The summed E-state index contributed by atoms with van der Waals surface area (Å²) in [7, 11) is -3.94. The van der Waals surface area contributed by atoms with Gasteiger partial charge >= 0.3 is 6.09 Å². The molecule has 4 amide bonds. The molecule has 1 fully saturated rings. The number of nitrogens with zero attached hydrogens (tertiary/aromatic N) is 2. The highest BCUT2D eigenvalue weighted by Crippen LogP contribution is 2.20. The lowest BCUT2D eigenvalue weighted by molar-refractivity contribution is -0.141. The first-order valence-corrected chi connectivity index (χ1v) is 17.2. The van der Waals surface area contributed by atoms with E-state index in [4.69, 9.17) is 10.5 Å². The highest BCUT2D eigenvalue weighted by Gasteiger charge is 2.38. The topological polar surface area (TPSA) is 201 Å². The Morgan fingerprint density at radius 1 is 1.09 bits per heavy atom. The van der Waals surface area contributed by atoms with Crippen LogP contribution in [-0.4, -0.2) is 86.5 Å². The third kappa shape index (κ3) is 12.5. The third-order valence-electron chi connectivity index (χ3n) is 7.02. The van der Waals surface area contributed by atoms with E-state index in [0.29, 0.717) is 32.4 Å². The summed E-state index contributed by atoms with van der Waals surface area (Å²) < 4.78 is 32.9. The van der Waals surface area contributed by atoms with Crippen molar-refractivity contribution in [1.29, 1.82) is 0 Å². The fourth-order valence-corrected chi connectivity index (χ4v) is 5.87. The Morgan fingerprint density at radius 2 is 1.74 bits per heavy atom. The molecule has 0 aliphatic carbocycles. The quantitative estimate of drug-likeness (QED) is 0.113. The summed E-state index contributed by atoms with van der Waals surface area (Å²) in [6.45, 7) is 13.4. The number of rotatable bonds is 14. The molecule has 258 valence electrons. The smallest absolute Gasteiger partial charge is 0.408 e. The van der Waals surface area contributed by atoms with Crippen molar-refractivity contribution < 1.29 is 32.3 Å². The molecule has 15 heteroatoms. The van der Waals surface area contributed by atoms with Gasteiger partial charge in [0.1, 0.15) is 23.7 Å². The van der Waals surface area contributed by atoms with Gasteiger partial charge in [-0.05, 0) is 84.8 Å². The fourth-order valence-electron chi connectivity index (χ4n) is 4.92. The van der Waals surface area contributed by atoms with Crippen molar-refractivity contribution in [3.8, 4) is 0 Å². The number of benzene rings is 1. The number of likely N-dealkylation sites (N-methyl/N-ethyl adjacent to an activating group) is 1. The molecule has 1 aliphatic rings. The maximum absolute atomic E-state index is 13.8. The molecule has 2 rings (SSSR count). The van der Waals surface area contributed by atoms with Crippen molar-refractivity contribution in [1.82, 2.24) is 25.6 Å². The molecule has 3 atom stereocenters. The molecule has 0 spiro atoms. The van der Waals surface area contributed by atoms with E-state index in [1.165, 1.54) is 17.0 Å². The number of carbonyl (C=O) groups excluding carboxylic acids is 4. The number of hydrogen-bond acceptors (Lipinski definition) is 8. The zero-order valence-corrected chi connectivity index (χ0v) is 28.8. The number of nitrogens with one attached hydrogen (secondary N) is 4. The summed E-state index contributed by atoms with van der Waals surface area (Å²) in [4.78, 5) is 58.2. The van der Waals surface area contributed by atoms with E-state index in [0.717, 1.165) is 5.56 Å². The molecule has 1 saturated heterocycles. The summed E-state index contributed by atoms with van der Waals surface area (Å²) >= 11 is 0. The maximum Gasteiger partial charge on any atom is 0.408 e. The molecule has 0 unspecified atom stereocenters. The van der Waals surface area contributed by atoms with Gasteiger partial charge in [-0.1, -0.05) is 31.5 Å². The lowest BCUT2D eigenvalue weighted by atomic mass is 10.0. The van der Waals surface area contributed by atoms with E-state index < -0.39 is 51.7 Å². The van der Waals surface area contributed by atoms with Crippen LogP contribution in [0.4, 0.5) is 4.79 Å². The number of nitrogens with two attached hydrogens (primary N) is 1. The number of aryl methyl sites for hydroxylation is 1. The van der Waals surface area contributed by atoms with Gasteiger partial charge in [-0.3, -0.25) is 19.4 Å². The lowest BCUT2D eigenvalue weighted by Crippen LogP contribution is -2.57. The van der Waals surface area contributed by atoms with Crippen LogP contribution in [0.1, 0.15) is 79.2 Å². The molecule has 0 aromatic heterocycles. The number of ether oxygens (including phenoxy) is 1. The van der Waals surface area contributed by atoms with E-state index in [2.05, 4.69) is 25.7 Å². The third-order valence-corrected chi connectivity index (χ3v) is 8.39. The Labute approximate surface area is 272 Å². The second-order valence-corrected chi connectivity index (χ2v) is 14.5. The minimum atomic E-state index is -3.94. The monoisotopic (exact) mass is 665 g/mol. The van der Waals surface area contributed by atoms with Crippen molar-refractivity contribution in [2.24, 2.45) is 16.6 Å². The Morgan fingerprint density at radius 3 is 2.33 bits per heavy atom. The highest BCUT2D eigenvalue weighted by atomic mass is 32.2. The van der Waals surface area contributed by atoms with Crippen LogP contribution in [0.15, 0.2) is 34.2 Å². The molecular weight excluding hydrogens is 614 g/mol. The zero-order valence-electron chi connectivity index (χ0n) is 28.0. The molecule has 1 aromatic carbocycles. The minimum absolute atomic E-state index is 0.0292. The van der Waals surface area contributed by atoms with Gasteiger partial charge in [-0.25, -0.2) is 17.9 Å². The Hall–Kier alpha value is -3.88. The fraction of sp³-hybridized carbons (Fsp3) is 0.645. The molecule has 0 radical (unpaired) electrons. The summed E-state index contributed by atoms with van der Waals surface area (Å²) in [6, 6.07) is 3.56. The SMILES string of the molecule is CCNC(=O)[C@@H]1CCCN1C(=O)[C@H](CCCN=C(N)NS(=O)(=O)c1ccc(C)cc1)NC(=O)[C@H](CC(C)C)NC(=O)OC(C)(C)C. The highest BCUT2D eigenvalue weighted by molar-refractivity contribution is 7.90. The maximum atomic E-state index is 13.8. The molecule has 1 aliphatic heterocycles. The van der Waals surface area contributed by atoms with Crippen LogP contribution >= 0.6 is 0 Å². The second kappa shape index (κ2) is 17.2. The van der Waals surface area contributed by atoms with Gasteiger partial charge in [0.2, 0.25) is 23.7 Å². The lowest BCUT2D eigenvalue weighted by Gasteiger charge is -2.30. The number of sulfonamides is 1. The van der Waals surface area contributed by atoms with Crippen LogP contribution in [0.5, 0.6) is 0 Å². The summed E-state index contributed by atoms with van der Waals surface area (Å²) in [5.41, 5.74) is 5.98. The van der Waals surface area contributed by atoms with Crippen molar-refractivity contribution in [2.45, 2.75) is 109 Å². The van der Waals surface area contributed by atoms with Gasteiger partial charge in [0, 0.05) is 19.6 Å². The van der Waals surface area contributed by atoms with Gasteiger partial charge in [0.15, 0.2) is 0 Å². The molecule has 0 bridgehead atoms. The van der Waals surface area contributed by atoms with Crippen LogP contribution in [0.25, 0.3) is 0 Å². The van der Waals surface area contributed by atoms with E-state index in [1.807, 2.05) is 20.8 Å². The van der Waals surface area contributed by atoms with Crippen LogP contribution in [0, 0.1) is 12.8 Å². The van der Waals surface area contributed by atoms with Gasteiger partial charge in [-0.15, -0.1) is 0 Å². The number of hydrogen-bond donors (Lipinski definition) is 5. The number of carbonyl (C=O) groups is 4. The summed E-state index contributed by atoms with van der Waals surface area (Å²) in [5, 5.41) is 8.17. The van der Waals surface area contributed by atoms with Crippen molar-refractivity contribution in [2.75, 3.05) is 19.6 Å². The molecular formula is C31H51N7O7S. The average Bonchev–Trinajstić information content (AvgIpc) is 3.43. The van der Waals surface area contributed by atoms with Gasteiger partial charge in [-0.2, -0.15) is 0 Å². The largest absolute Gasteiger partial charge is 0.444 e. The Bertz CT molecular complexity index is 1340. The van der Waals surface area contributed by atoms with Crippen LogP contribution in [-0.2, 0) is 29.1 Å². The first-order valence-electron chi connectivity index (χ1n) is 15.7. The normalized spacial score (nSPS) is 16.8. The van der Waals surface area contributed by atoms with Gasteiger partial charge in [0.25, 0.3) is 10.0 Å². The number of amides is 4. The predicted octanol–water partition coefficient (Wildman–Crippen LogP) is 1.92. The van der Waals surface area contributed by atoms with E-state index in [-0.39, 0.29) is 42.1 Å². The van der Waals surface area contributed by atoms with Crippen LogP contribution < -0.4 is 26.4 Å². The van der Waals surface area contributed by atoms with Crippen molar-refractivity contribution in [3.05, 3.63) is 29.8 Å². The first kappa shape index (κ1) is 38.3. The summed E-state index contributed by atoms with van der Waals surface area (Å²) in [5.74, 6) is -1.55. The predicted molar refractivity (Wildman–Crippen MR) is 175 cm³/mol. The molecule has 14 nitrogen and oxygen atoms in total. The second-order valence-electron chi connectivity index (χ2n) is 12.8. The standard InChI is InChI=1S/C31H51N7O7S/c1-8-33-27(40)25-12-10-18-38(25)28(41)23(35-26(39)24(19-20(2)3)36-30(42)45-31(5,6)7)11-9-17-34-29(32)37-46(43,44)22-15-13-21(4)14-16-22/h13-16,20,23-25H,8-12,17-19H2,1-7H3,(H,33,40)(H,35,39)(H,36,42)(H3,32,34,37)/t23-,24-,25-/m0/s1. The van der Waals surface area contributed by atoms with Crippen LogP contribution in [0.2, 0.25) is 0 Å². The average molecular weight is 666 g/mol. The van der Waals surface area contributed by atoms with Gasteiger partial charge < -0.3 is 31.3 Å². The number of guanidine groups is 1. The van der Waals surface area contributed by atoms with Crippen molar-refractivity contribution in [3.63, 3.8) is 0 Å². The van der Waals surface area contributed by atoms with Crippen molar-refractivity contribution >= 4 is 39.8 Å². The Kier molecular flexibility index (Phi) is 14.3. The Balaban J connectivity index is 2.20. The molecule has 1 aromatic rings. The molecule has 1 heterocycles. The van der Waals surface area contributed by atoms with Gasteiger partial charge in [0.05, 0.1) is 4.90 Å². The van der Waals surface area contributed by atoms with E-state index >= 15 is 0 Å². The van der Waals surface area contributed by atoms with E-state index in [1.54, 1.807) is 39.8 Å². The first-order chi connectivity index (χ1) is 21.4. The van der Waals surface area contributed by atoms with E-state index in [9.17, 15) is 27.6 Å². The minimum Gasteiger partial charge on any atom is -0.444 e.